The number of H-pyrrole nitrogens is 2. The summed E-state index contributed by atoms with van der Waals surface area (Å²) in [7, 11) is 0. The van der Waals surface area contributed by atoms with Crippen molar-refractivity contribution >= 4 is 43.6 Å². The van der Waals surface area contributed by atoms with Crippen LogP contribution in [0.1, 0.15) is 12.8 Å². The van der Waals surface area contributed by atoms with Crippen molar-refractivity contribution in [2.45, 2.75) is 12.8 Å². The highest BCUT2D eigenvalue weighted by molar-refractivity contribution is 9.10. The van der Waals surface area contributed by atoms with Crippen molar-refractivity contribution in [3.05, 3.63) is 57.3 Å². The van der Waals surface area contributed by atoms with Crippen molar-refractivity contribution in [2.75, 3.05) is 25.0 Å². The number of hydrogen-bond donors (Lipinski definition) is 4. The number of anilines is 1. The second-order valence-electron chi connectivity index (χ2n) is 7.57. The monoisotopic (exact) mass is 451 g/mol. The average molecular weight is 452 g/mol. The quantitative estimate of drug-likeness (QED) is 0.373. The Morgan fingerprint density at radius 2 is 1.90 bits per heavy atom. The molecule has 2 aromatic heterocycles. The molecule has 0 saturated carbocycles. The number of imidazole rings is 1. The van der Waals surface area contributed by atoms with E-state index < -0.39 is 0 Å². The van der Waals surface area contributed by atoms with Gasteiger partial charge in [0.15, 0.2) is 0 Å². The molecule has 0 atom stereocenters. The topological polar surface area (TPSA) is 85.6 Å². The van der Waals surface area contributed by atoms with Crippen LogP contribution in [0.15, 0.2) is 51.7 Å². The van der Waals surface area contributed by atoms with Crippen molar-refractivity contribution in [1.82, 2.24) is 20.3 Å². The van der Waals surface area contributed by atoms with Gasteiger partial charge in [0.1, 0.15) is 11.4 Å². The number of piperidine rings is 1. The minimum atomic E-state index is -0.147. The summed E-state index contributed by atoms with van der Waals surface area (Å²) in [6.07, 6.45) is 2.27. The molecule has 6 nitrogen and oxygen atoms in total. The number of halogens is 1. The van der Waals surface area contributed by atoms with Gasteiger partial charge in [-0.25, -0.2) is 4.98 Å². The summed E-state index contributed by atoms with van der Waals surface area (Å²) >= 11 is 3.57. The zero-order valence-electron chi connectivity index (χ0n) is 15.9. The zero-order chi connectivity index (χ0) is 19.8. The maximum Gasteiger partial charge on any atom is 0.261 e. The number of nitrogens with zero attached hydrogens (tertiary/aromatic N) is 1. The second-order valence-corrected chi connectivity index (χ2v) is 8.49. The molecule has 0 aliphatic carbocycles. The molecule has 29 heavy (non-hydrogen) atoms. The predicted molar refractivity (Wildman–Crippen MR) is 121 cm³/mol. The Morgan fingerprint density at radius 3 is 2.72 bits per heavy atom. The fourth-order valence-electron chi connectivity index (χ4n) is 4.08. The van der Waals surface area contributed by atoms with E-state index in [0.29, 0.717) is 17.3 Å². The zero-order valence-corrected chi connectivity index (χ0v) is 17.5. The summed E-state index contributed by atoms with van der Waals surface area (Å²) in [5, 5.41) is 7.99. The molecule has 4 N–H and O–H groups in total. The molecule has 5 rings (SSSR count). The summed E-state index contributed by atoms with van der Waals surface area (Å²) in [6, 6.07) is 13.7. The van der Waals surface area contributed by atoms with E-state index in [2.05, 4.69) is 36.5 Å². The first-order chi connectivity index (χ1) is 14.2. The molecule has 1 saturated heterocycles. The van der Waals surface area contributed by atoms with Gasteiger partial charge in [0.05, 0.1) is 22.2 Å². The Bertz CT molecular complexity index is 1210. The first kappa shape index (κ1) is 18.4. The van der Waals surface area contributed by atoms with Crippen LogP contribution in [-0.2, 0) is 0 Å². The van der Waals surface area contributed by atoms with Crippen LogP contribution >= 0.6 is 15.9 Å². The van der Waals surface area contributed by atoms with E-state index >= 15 is 0 Å². The lowest BCUT2D eigenvalue weighted by Gasteiger charge is -2.24. The summed E-state index contributed by atoms with van der Waals surface area (Å²) in [4.78, 5) is 24.1. The number of fused-ring (bicyclic) bond motifs is 2. The summed E-state index contributed by atoms with van der Waals surface area (Å²) in [6.45, 7) is 2.93. The minimum absolute atomic E-state index is 0.147. The van der Waals surface area contributed by atoms with Gasteiger partial charge in [0.25, 0.3) is 5.56 Å². The highest BCUT2D eigenvalue weighted by Crippen LogP contribution is 2.32. The number of rotatable bonds is 4. The predicted octanol–water partition coefficient (Wildman–Crippen LogP) is 4.25. The lowest BCUT2D eigenvalue weighted by Crippen LogP contribution is -2.31. The molecule has 148 valence electrons. The number of nitrogens with one attached hydrogen (secondary N) is 4. The lowest BCUT2D eigenvalue weighted by molar-refractivity contribution is 0.390. The van der Waals surface area contributed by atoms with E-state index in [-0.39, 0.29) is 5.56 Å². The van der Waals surface area contributed by atoms with Crippen molar-refractivity contribution < 1.29 is 0 Å². The number of hydrogen-bond acceptors (Lipinski definition) is 4. The van der Waals surface area contributed by atoms with E-state index in [4.69, 9.17) is 4.98 Å². The molecule has 4 aromatic rings. The molecule has 0 bridgehead atoms. The number of aromatic amines is 2. The summed E-state index contributed by atoms with van der Waals surface area (Å²) < 4.78 is 0.970. The van der Waals surface area contributed by atoms with E-state index in [1.54, 1.807) is 0 Å². The molecular formula is C22H22BrN5O. The molecule has 3 heterocycles. The Balaban J connectivity index is 1.66. The Labute approximate surface area is 176 Å². The first-order valence-electron chi connectivity index (χ1n) is 9.94. The summed E-state index contributed by atoms with van der Waals surface area (Å²) in [5.41, 5.74) is 3.82. The van der Waals surface area contributed by atoms with Gasteiger partial charge in [0.2, 0.25) is 0 Å². The Morgan fingerprint density at radius 1 is 1.07 bits per heavy atom. The van der Waals surface area contributed by atoms with Crippen molar-refractivity contribution in [3.63, 3.8) is 0 Å². The highest BCUT2D eigenvalue weighted by Gasteiger charge is 2.20. The highest BCUT2D eigenvalue weighted by atomic mass is 79.9. The van der Waals surface area contributed by atoms with Crippen LogP contribution in [0.4, 0.5) is 5.69 Å². The maximum atomic E-state index is 13.1. The van der Waals surface area contributed by atoms with E-state index in [1.807, 2.05) is 42.5 Å². The minimum Gasteiger partial charge on any atom is -0.383 e. The Kier molecular flexibility index (Phi) is 4.85. The van der Waals surface area contributed by atoms with E-state index in [9.17, 15) is 4.79 Å². The van der Waals surface area contributed by atoms with Crippen LogP contribution in [0.25, 0.3) is 33.3 Å². The number of benzene rings is 2. The van der Waals surface area contributed by atoms with Crippen LogP contribution in [-0.4, -0.2) is 34.6 Å². The number of pyridine rings is 1. The van der Waals surface area contributed by atoms with Crippen LogP contribution in [0, 0.1) is 5.92 Å². The van der Waals surface area contributed by atoms with E-state index in [1.165, 1.54) is 0 Å². The van der Waals surface area contributed by atoms with Gasteiger partial charge in [-0.3, -0.25) is 4.79 Å². The normalized spacial score (nSPS) is 15.2. The third-order valence-electron chi connectivity index (χ3n) is 5.63. The van der Waals surface area contributed by atoms with Crippen LogP contribution in [0.2, 0.25) is 0 Å². The Hall–Kier alpha value is -2.64. The van der Waals surface area contributed by atoms with Gasteiger partial charge in [-0.15, -0.1) is 0 Å². The molecule has 7 heteroatoms. The molecule has 0 amide bonds. The van der Waals surface area contributed by atoms with Crippen molar-refractivity contribution in [3.8, 4) is 11.4 Å². The molecule has 1 aliphatic heterocycles. The largest absolute Gasteiger partial charge is 0.383 e. The average Bonchev–Trinajstić information content (AvgIpc) is 3.16. The van der Waals surface area contributed by atoms with Gasteiger partial charge in [0, 0.05) is 16.4 Å². The number of aromatic nitrogens is 3. The smallest absolute Gasteiger partial charge is 0.261 e. The second kappa shape index (κ2) is 7.65. The standard InChI is InChI=1S/C22H22BrN5O/c23-14-5-6-16-15(11-14)20(25-12-13-7-9-24-10-8-13)19(22(29)28-16)21-26-17-3-1-2-4-18(17)27-21/h1-6,11,13,24H,7-10,12H2,(H,26,27)(H2,25,28,29). The van der Waals surface area contributed by atoms with Crippen LogP contribution in [0.3, 0.4) is 0 Å². The van der Waals surface area contributed by atoms with Crippen molar-refractivity contribution in [1.29, 1.82) is 0 Å². The van der Waals surface area contributed by atoms with Crippen LogP contribution in [0.5, 0.6) is 0 Å². The van der Waals surface area contributed by atoms with Gasteiger partial charge < -0.3 is 20.6 Å². The third-order valence-corrected chi connectivity index (χ3v) is 6.12. The van der Waals surface area contributed by atoms with Crippen LogP contribution < -0.4 is 16.2 Å². The molecule has 0 unspecified atom stereocenters. The molecule has 0 spiro atoms. The van der Waals surface area contributed by atoms with Crippen molar-refractivity contribution in [2.24, 2.45) is 5.92 Å². The van der Waals surface area contributed by atoms with Gasteiger partial charge in [-0.1, -0.05) is 28.1 Å². The maximum absolute atomic E-state index is 13.1. The molecular weight excluding hydrogens is 430 g/mol. The molecule has 1 fully saturated rings. The van der Waals surface area contributed by atoms with Gasteiger partial charge in [-0.05, 0) is 62.2 Å². The number of para-hydroxylation sites is 2. The lowest BCUT2D eigenvalue weighted by atomic mass is 9.97. The van der Waals surface area contributed by atoms with E-state index in [0.717, 1.165) is 64.6 Å². The fraction of sp³-hybridized carbons (Fsp3) is 0.273. The summed E-state index contributed by atoms with van der Waals surface area (Å²) in [5.74, 6) is 1.17. The fourth-order valence-corrected chi connectivity index (χ4v) is 4.44. The molecule has 0 radical (unpaired) electrons. The first-order valence-corrected chi connectivity index (χ1v) is 10.7. The third kappa shape index (κ3) is 3.56. The SMILES string of the molecule is O=c1[nH]c2ccc(Br)cc2c(NCC2CCNCC2)c1-c1nc2ccccc2[nH]1. The molecule has 2 aromatic carbocycles. The van der Waals surface area contributed by atoms with Gasteiger partial charge in [-0.2, -0.15) is 0 Å². The van der Waals surface area contributed by atoms with Gasteiger partial charge >= 0.3 is 0 Å². The molecule has 1 aliphatic rings.